The average Bonchev–Trinajstić information content (AvgIpc) is 2.89. The van der Waals surface area contributed by atoms with E-state index in [1.807, 2.05) is 6.92 Å². The maximum absolute atomic E-state index is 9.80. The molecule has 1 N–H and O–H groups in total. The largest absolute Gasteiger partial charge is 0.396 e. The lowest BCUT2D eigenvalue weighted by Crippen LogP contribution is -2.48. The number of rotatable bonds is 4. The monoisotopic (exact) mass is 320 g/mol. The first kappa shape index (κ1) is 16.6. The maximum Gasteiger partial charge on any atom is 0.150 e. The van der Waals surface area contributed by atoms with E-state index in [9.17, 15) is 5.11 Å². The van der Waals surface area contributed by atoms with Crippen LogP contribution in [-0.2, 0) is 4.74 Å². The predicted molar refractivity (Wildman–Crippen MR) is 89.5 cm³/mol. The molecule has 0 spiro atoms. The molecule has 23 heavy (non-hydrogen) atoms. The van der Waals surface area contributed by atoms with Crippen molar-refractivity contribution in [2.24, 2.45) is 11.8 Å². The Morgan fingerprint density at radius 3 is 2.39 bits per heavy atom. The molecule has 6 nitrogen and oxygen atoms in total. The van der Waals surface area contributed by atoms with E-state index in [-0.39, 0.29) is 18.8 Å². The van der Waals surface area contributed by atoms with Gasteiger partial charge in [0.1, 0.15) is 5.82 Å². The molecule has 2 aliphatic heterocycles. The summed E-state index contributed by atoms with van der Waals surface area (Å²) in [4.78, 5) is 13.6. The SMILES string of the molecule is Cc1nccnc1N1C[C@@H](CO)[C@@H](CN2C[C@@H](C)O[C@@H](C)C2)C1. The zero-order valence-corrected chi connectivity index (χ0v) is 14.4. The van der Waals surface area contributed by atoms with E-state index in [1.54, 1.807) is 12.4 Å². The van der Waals surface area contributed by atoms with Crippen LogP contribution < -0.4 is 4.90 Å². The second-order valence-corrected chi connectivity index (χ2v) is 7.05. The van der Waals surface area contributed by atoms with Crippen LogP contribution in [0.5, 0.6) is 0 Å². The molecule has 1 aromatic rings. The third kappa shape index (κ3) is 3.82. The number of nitrogens with zero attached hydrogens (tertiary/aromatic N) is 4. The Morgan fingerprint density at radius 2 is 1.74 bits per heavy atom. The van der Waals surface area contributed by atoms with Crippen LogP contribution >= 0.6 is 0 Å². The number of aryl methyl sites for hydroxylation is 1. The lowest BCUT2D eigenvalue weighted by atomic mass is 9.96. The Balaban J connectivity index is 1.66. The minimum Gasteiger partial charge on any atom is -0.396 e. The van der Waals surface area contributed by atoms with Crippen LogP contribution in [-0.4, -0.2) is 71.5 Å². The Hall–Kier alpha value is -1.24. The van der Waals surface area contributed by atoms with Gasteiger partial charge in [0.25, 0.3) is 0 Å². The molecule has 2 fully saturated rings. The summed E-state index contributed by atoms with van der Waals surface area (Å²) in [5.74, 6) is 1.71. The topological polar surface area (TPSA) is 61.7 Å². The smallest absolute Gasteiger partial charge is 0.150 e. The summed E-state index contributed by atoms with van der Waals surface area (Å²) in [6, 6.07) is 0. The minimum absolute atomic E-state index is 0.232. The van der Waals surface area contributed by atoms with Crippen LogP contribution in [0.25, 0.3) is 0 Å². The third-order valence-electron chi connectivity index (χ3n) is 4.95. The number of ether oxygens (including phenoxy) is 1. The van der Waals surface area contributed by atoms with E-state index >= 15 is 0 Å². The van der Waals surface area contributed by atoms with Gasteiger partial charge in [0, 0.05) is 57.6 Å². The van der Waals surface area contributed by atoms with Gasteiger partial charge in [-0.25, -0.2) is 4.98 Å². The van der Waals surface area contributed by atoms with Crippen LogP contribution in [0, 0.1) is 18.8 Å². The van der Waals surface area contributed by atoms with Gasteiger partial charge in [-0.1, -0.05) is 0 Å². The molecule has 0 aromatic carbocycles. The first-order valence-corrected chi connectivity index (χ1v) is 8.58. The number of morpholine rings is 1. The second-order valence-electron chi connectivity index (χ2n) is 7.05. The Kier molecular flexibility index (Phi) is 5.14. The van der Waals surface area contributed by atoms with Gasteiger partial charge in [-0.2, -0.15) is 0 Å². The first-order chi connectivity index (χ1) is 11.1. The molecule has 0 radical (unpaired) electrons. The van der Waals surface area contributed by atoms with E-state index in [1.165, 1.54) is 0 Å². The molecule has 4 atom stereocenters. The van der Waals surface area contributed by atoms with E-state index in [0.29, 0.717) is 11.8 Å². The Bertz CT molecular complexity index is 517. The average molecular weight is 320 g/mol. The maximum atomic E-state index is 9.80. The zero-order chi connectivity index (χ0) is 16.4. The van der Waals surface area contributed by atoms with Crippen LogP contribution in [0.4, 0.5) is 5.82 Å². The van der Waals surface area contributed by atoms with Crippen LogP contribution in [0.1, 0.15) is 19.5 Å². The highest BCUT2D eigenvalue weighted by atomic mass is 16.5. The second kappa shape index (κ2) is 7.11. The van der Waals surface area contributed by atoms with Crippen molar-refractivity contribution in [2.75, 3.05) is 44.2 Å². The Labute approximate surface area is 138 Å². The van der Waals surface area contributed by atoms with Gasteiger partial charge >= 0.3 is 0 Å². The quantitative estimate of drug-likeness (QED) is 0.891. The van der Waals surface area contributed by atoms with Crippen molar-refractivity contribution in [3.8, 4) is 0 Å². The van der Waals surface area contributed by atoms with Gasteiger partial charge in [-0.15, -0.1) is 0 Å². The minimum atomic E-state index is 0.232. The molecular weight excluding hydrogens is 292 g/mol. The van der Waals surface area contributed by atoms with E-state index in [2.05, 4.69) is 33.6 Å². The summed E-state index contributed by atoms with van der Waals surface area (Å²) in [7, 11) is 0. The molecule has 1 aromatic heterocycles. The van der Waals surface area contributed by atoms with Gasteiger partial charge in [-0.3, -0.25) is 9.88 Å². The summed E-state index contributed by atoms with van der Waals surface area (Å²) >= 11 is 0. The third-order valence-corrected chi connectivity index (χ3v) is 4.95. The summed E-state index contributed by atoms with van der Waals surface area (Å²) in [5.41, 5.74) is 0.957. The molecule has 0 saturated carbocycles. The predicted octanol–water partition coefficient (Wildman–Crippen LogP) is 0.939. The van der Waals surface area contributed by atoms with Gasteiger partial charge in [0.15, 0.2) is 0 Å². The highest BCUT2D eigenvalue weighted by molar-refractivity contribution is 5.43. The van der Waals surface area contributed by atoms with Crippen molar-refractivity contribution < 1.29 is 9.84 Å². The molecular formula is C17H28N4O2. The van der Waals surface area contributed by atoms with E-state index in [0.717, 1.165) is 44.2 Å². The molecule has 6 heteroatoms. The first-order valence-electron chi connectivity index (χ1n) is 8.58. The Morgan fingerprint density at radius 1 is 1.09 bits per heavy atom. The van der Waals surface area contributed by atoms with Crippen molar-refractivity contribution in [3.63, 3.8) is 0 Å². The van der Waals surface area contributed by atoms with Crippen molar-refractivity contribution in [1.29, 1.82) is 0 Å². The van der Waals surface area contributed by atoms with E-state index < -0.39 is 0 Å². The molecule has 2 saturated heterocycles. The molecule has 2 aliphatic rings. The number of aliphatic hydroxyl groups excluding tert-OH is 1. The summed E-state index contributed by atoms with van der Waals surface area (Å²) < 4.78 is 5.82. The van der Waals surface area contributed by atoms with Crippen molar-refractivity contribution in [3.05, 3.63) is 18.1 Å². The highest BCUT2D eigenvalue weighted by Crippen LogP contribution is 2.29. The number of hydrogen-bond acceptors (Lipinski definition) is 6. The van der Waals surface area contributed by atoms with Gasteiger partial charge < -0.3 is 14.7 Å². The number of anilines is 1. The standard InChI is InChI=1S/C17H28N4O2/c1-12-6-20(7-13(2)23-12)8-15-9-21(10-16(15)11-22)17-14(3)18-4-5-19-17/h4-5,12-13,15-16,22H,6-11H2,1-3H3/t12-,13+,15-,16-/m0/s1. The fourth-order valence-electron chi connectivity index (χ4n) is 4.00. The van der Waals surface area contributed by atoms with Gasteiger partial charge in [-0.05, 0) is 26.7 Å². The van der Waals surface area contributed by atoms with Crippen LogP contribution in [0.2, 0.25) is 0 Å². The molecule has 128 valence electrons. The van der Waals surface area contributed by atoms with Gasteiger partial charge in [0.05, 0.1) is 17.9 Å². The number of hydrogen-bond donors (Lipinski definition) is 1. The summed E-state index contributed by atoms with van der Waals surface area (Å²) in [6.45, 7) is 11.3. The normalized spacial score (nSPS) is 32.4. The molecule has 0 aliphatic carbocycles. The number of aromatic nitrogens is 2. The molecule has 3 heterocycles. The molecule has 0 unspecified atom stereocenters. The lowest BCUT2D eigenvalue weighted by Gasteiger charge is -2.37. The van der Waals surface area contributed by atoms with Crippen molar-refractivity contribution in [2.45, 2.75) is 33.0 Å². The van der Waals surface area contributed by atoms with Crippen LogP contribution in [0.3, 0.4) is 0 Å². The molecule has 0 amide bonds. The molecule has 0 bridgehead atoms. The highest BCUT2D eigenvalue weighted by Gasteiger charge is 2.36. The van der Waals surface area contributed by atoms with Gasteiger partial charge in [0.2, 0.25) is 0 Å². The lowest BCUT2D eigenvalue weighted by molar-refractivity contribution is -0.0725. The van der Waals surface area contributed by atoms with E-state index in [4.69, 9.17) is 4.74 Å². The van der Waals surface area contributed by atoms with Crippen LogP contribution in [0.15, 0.2) is 12.4 Å². The van der Waals surface area contributed by atoms with Crippen molar-refractivity contribution in [1.82, 2.24) is 14.9 Å². The fraction of sp³-hybridized carbons (Fsp3) is 0.765. The van der Waals surface area contributed by atoms with Crippen molar-refractivity contribution >= 4 is 5.82 Å². The number of aliphatic hydroxyl groups is 1. The summed E-state index contributed by atoms with van der Waals surface area (Å²) in [6.07, 6.45) is 4.04. The zero-order valence-electron chi connectivity index (χ0n) is 14.4. The summed E-state index contributed by atoms with van der Waals surface area (Å²) in [5, 5.41) is 9.80. The molecule has 3 rings (SSSR count). The fourth-order valence-corrected chi connectivity index (χ4v) is 4.00.